The van der Waals surface area contributed by atoms with Gasteiger partial charge < -0.3 is 14.7 Å². The summed E-state index contributed by atoms with van der Waals surface area (Å²) < 4.78 is 6.15. The molecule has 1 saturated carbocycles. The number of piperidine rings is 1. The number of ether oxygens (including phenoxy) is 1. The van der Waals surface area contributed by atoms with Crippen LogP contribution >= 0.6 is 0 Å². The highest BCUT2D eigenvalue weighted by Gasteiger charge is 2.54. The molecule has 3 heteroatoms. The molecule has 0 amide bonds. The lowest BCUT2D eigenvalue weighted by molar-refractivity contribution is 0.00485. The van der Waals surface area contributed by atoms with E-state index in [1.807, 2.05) is 12.1 Å². The van der Waals surface area contributed by atoms with Crippen LogP contribution < -0.4 is 4.74 Å². The molecule has 1 aromatic carbocycles. The number of likely N-dealkylation sites (tertiary alicyclic amines) is 1. The van der Waals surface area contributed by atoms with Crippen LogP contribution in [0.4, 0.5) is 0 Å². The molecule has 3 atom stereocenters. The van der Waals surface area contributed by atoms with Crippen molar-refractivity contribution in [2.75, 3.05) is 13.6 Å². The van der Waals surface area contributed by atoms with E-state index >= 15 is 0 Å². The fourth-order valence-electron chi connectivity index (χ4n) is 4.22. The monoisotopic (exact) mass is 245 g/mol. The molecule has 4 rings (SSSR count). The minimum Gasteiger partial charge on any atom is -0.508 e. The van der Waals surface area contributed by atoms with Crippen molar-refractivity contribution in [1.29, 1.82) is 0 Å². The third-order valence-corrected chi connectivity index (χ3v) is 5.28. The topological polar surface area (TPSA) is 32.7 Å². The summed E-state index contributed by atoms with van der Waals surface area (Å²) >= 11 is 0. The molecule has 1 aliphatic carbocycles. The predicted molar refractivity (Wildman–Crippen MR) is 69.1 cm³/mol. The lowest BCUT2D eigenvalue weighted by Gasteiger charge is -2.49. The summed E-state index contributed by atoms with van der Waals surface area (Å²) in [6.45, 7) is 1.14. The van der Waals surface area contributed by atoms with Gasteiger partial charge in [-0.25, -0.2) is 0 Å². The highest BCUT2D eigenvalue weighted by molar-refractivity contribution is 5.50. The normalized spacial score (nSPS) is 37.8. The molecule has 1 N–H and O–H groups in total. The summed E-state index contributed by atoms with van der Waals surface area (Å²) in [5.74, 6) is 1.37. The minimum absolute atomic E-state index is 0.170. The first-order chi connectivity index (χ1) is 8.69. The molecule has 2 heterocycles. The zero-order valence-corrected chi connectivity index (χ0v) is 10.7. The standard InChI is InChI=1S/C15H19NO2/c1-16-7-6-15-9-10(16)2-5-14(15)18-13-4-3-11(17)8-12(13)15/h3-4,8,10,14,17H,2,5-7,9H2,1H3/t10-,14-,15-/m1/s1. The highest BCUT2D eigenvalue weighted by atomic mass is 16.5. The van der Waals surface area contributed by atoms with E-state index in [-0.39, 0.29) is 5.41 Å². The van der Waals surface area contributed by atoms with Crippen molar-refractivity contribution < 1.29 is 9.84 Å². The lowest BCUT2D eigenvalue weighted by atomic mass is 9.63. The van der Waals surface area contributed by atoms with Crippen molar-refractivity contribution in [3.63, 3.8) is 0 Å². The van der Waals surface area contributed by atoms with Crippen LogP contribution in [0.5, 0.6) is 11.5 Å². The Balaban J connectivity index is 1.83. The van der Waals surface area contributed by atoms with Crippen LogP contribution in [-0.2, 0) is 5.41 Å². The molecule has 1 spiro atoms. The summed E-state index contributed by atoms with van der Waals surface area (Å²) in [5, 5.41) is 9.77. The van der Waals surface area contributed by atoms with Crippen LogP contribution in [-0.4, -0.2) is 35.7 Å². The van der Waals surface area contributed by atoms with Crippen molar-refractivity contribution in [3.8, 4) is 11.5 Å². The van der Waals surface area contributed by atoms with Gasteiger partial charge in [0.1, 0.15) is 17.6 Å². The number of aromatic hydroxyl groups is 1. The molecule has 2 aliphatic heterocycles. The second-order valence-corrected chi connectivity index (χ2v) is 6.11. The average molecular weight is 245 g/mol. The van der Waals surface area contributed by atoms with E-state index in [9.17, 15) is 5.11 Å². The first-order valence-electron chi connectivity index (χ1n) is 6.89. The van der Waals surface area contributed by atoms with Crippen LogP contribution in [0.3, 0.4) is 0 Å². The van der Waals surface area contributed by atoms with Gasteiger partial charge in [0.15, 0.2) is 0 Å². The quantitative estimate of drug-likeness (QED) is 0.761. The molecule has 0 unspecified atom stereocenters. The third kappa shape index (κ3) is 1.23. The van der Waals surface area contributed by atoms with Crippen molar-refractivity contribution in [3.05, 3.63) is 23.8 Å². The molecule has 1 saturated heterocycles. The van der Waals surface area contributed by atoms with E-state index in [1.165, 1.54) is 18.4 Å². The number of rotatable bonds is 0. The van der Waals surface area contributed by atoms with E-state index in [0.29, 0.717) is 17.9 Å². The Morgan fingerprint density at radius 3 is 3.17 bits per heavy atom. The van der Waals surface area contributed by atoms with E-state index in [2.05, 4.69) is 11.9 Å². The summed E-state index contributed by atoms with van der Waals surface area (Å²) in [6.07, 6.45) is 5.05. The van der Waals surface area contributed by atoms with E-state index < -0.39 is 0 Å². The Kier molecular flexibility index (Phi) is 2.03. The van der Waals surface area contributed by atoms with Gasteiger partial charge in [-0.05, 0) is 57.5 Å². The van der Waals surface area contributed by atoms with Gasteiger partial charge in [-0.3, -0.25) is 0 Å². The van der Waals surface area contributed by atoms with Gasteiger partial charge in [-0.2, -0.15) is 0 Å². The number of nitrogens with zero attached hydrogens (tertiary/aromatic N) is 1. The van der Waals surface area contributed by atoms with Crippen LogP contribution in [0.2, 0.25) is 0 Å². The summed E-state index contributed by atoms with van der Waals surface area (Å²) in [4.78, 5) is 2.49. The van der Waals surface area contributed by atoms with Gasteiger partial charge >= 0.3 is 0 Å². The first-order valence-corrected chi connectivity index (χ1v) is 6.89. The molecule has 2 bridgehead atoms. The Bertz CT molecular complexity index is 501. The van der Waals surface area contributed by atoms with Crippen LogP contribution in [0, 0.1) is 0 Å². The summed E-state index contributed by atoms with van der Waals surface area (Å²) in [5.41, 5.74) is 1.43. The van der Waals surface area contributed by atoms with Gasteiger partial charge in [-0.1, -0.05) is 0 Å². The average Bonchev–Trinajstić information content (AvgIpc) is 2.68. The Labute approximate surface area is 107 Å². The third-order valence-electron chi connectivity index (χ3n) is 5.28. The Morgan fingerprint density at radius 2 is 2.28 bits per heavy atom. The van der Waals surface area contributed by atoms with E-state index in [4.69, 9.17) is 4.74 Å². The molecule has 3 aliphatic rings. The van der Waals surface area contributed by atoms with Crippen LogP contribution in [0.1, 0.15) is 31.2 Å². The number of hydrogen-bond donors (Lipinski definition) is 1. The Morgan fingerprint density at radius 1 is 1.39 bits per heavy atom. The van der Waals surface area contributed by atoms with Gasteiger partial charge in [0.25, 0.3) is 0 Å². The molecule has 2 fully saturated rings. The van der Waals surface area contributed by atoms with Gasteiger partial charge in [0, 0.05) is 17.0 Å². The molecule has 3 nitrogen and oxygen atoms in total. The first kappa shape index (κ1) is 10.7. The zero-order chi connectivity index (χ0) is 12.3. The number of phenols is 1. The van der Waals surface area contributed by atoms with Gasteiger partial charge in [0.05, 0.1) is 0 Å². The fraction of sp³-hybridized carbons (Fsp3) is 0.600. The second-order valence-electron chi connectivity index (χ2n) is 6.11. The van der Waals surface area contributed by atoms with Crippen molar-refractivity contribution in [2.45, 2.75) is 43.2 Å². The van der Waals surface area contributed by atoms with Crippen molar-refractivity contribution in [2.24, 2.45) is 0 Å². The highest BCUT2D eigenvalue weighted by Crippen LogP contribution is 2.55. The molecule has 18 heavy (non-hydrogen) atoms. The summed E-state index contributed by atoms with van der Waals surface area (Å²) in [7, 11) is 2.23. The molecular weight excluding hydrogens is 226 g/mol. The zero-order valence-electron chi connectivity index (χ0n) is 10.7. The van der Waals surface area contributed by atoms with E-state index in [1.54, 1.807) is 6.07 Å². The molecular formula is C15H19NO2. The number of fused-ring (bicyclic) bond motifs is 2. The van der Waals surface area contributed by atoms with Crippen LogP contribution in [0.25, 0.3) is 0 Å². The second kappa shape index (κ2) is 3.41. The lowest BCUT2D eigenvalue weighted by Crippen LogP contribution is -2.55. The largest absolute Gasteiger partial charge is 0.508 e. The molecule has 96 valence electrons. The molecule has 0 aromatic heterocycles. The Hall–Kier alpha value is -1.22. The van der Waals surface area contributed by atoms with Gasteiger partial charge in [0.2, 0.25) is 0 Å². The maximum absolute atomic E-state index is 9.77. The van der Waals surface area contributed by atoms with E-state index in [0.717, 1.165) is 25.1 Å². The van der Waals surface area contributed by atoms with Crippen LogP contribution in [0.15, 0.2) is 18.2 Å². The number of hydrogen-bond acceptors (Lipinski definition) is 3. The van der Waals surface area contributed by atoms with Crippen molar-refractivity contribution >= 4 is 0 Å². The van der Waals surface area contributed by atoms with Gasteiger partial charge in [-0.15, -0.1) is 0 Å². The smallest absolute Gasteiger partial charge is 0.123 e. The predicted octanol–water partition coefficient (Wildman–Crippen LogP) is 2.28. The SMILES string of the molecule is CN1CC[C@]23C[C@H]1CC[C@H]2Oc1ccc(O)cc13. The molecule has 1 aromatic rings. The number of benzene rings is 1. The number of phenolic OH excluding ortho intramolecular Hbond substituents is 1. The minimum atomic E-state index is 0.170. The maximum atomic E-state index is 9.77. The fourth-order valence-corrected chi connectivity index (χ4v) is 4.22. The summed E-state index contributed by atoms with van der Waals surface area (Å²) in [6, 6.07) is 6.29. The molecule has 0 radical (unpaired) electrons. The van der Waals surface area contributed by atoms with Crippen molar-refractivity contribution in [1.82, 2.24) is 4.90 Å². The maximum Gasteiger partial charge on any atom is 0.123 e.